The largest absolute Gasteiger partial charge is 0.481 e. The SMILES string of the molecule is Cc1ccc(CCN(C)CC(C)C(=O)O)c(C)c1. The van der Waals surface area contributed by atoms with Crippen LogP contribution < -0.4 is 0 Å². The maximum Gasteiger partial charge on any atom is 0.307 e. The standard InChI is InChI=1S/C15H23NO2/c1-11-5-6-14(12(2)9-11)7-8-16(4)10-13(3)15(17)18/h5-6,9,13H,7-8,10H2,1-4H3,(H,17,18). The van der Waals surface area contributed by atoms with Gasteiger partial charge in [-0.3, -0.25) is 4.79 Å². The molecule has 0 radical (unpaired) electrons. The molecule has 1 aromatic rings. The van der Waals surface area contributed by atoms with E-state index in [1.54, 1.807) is 6.92 Å². The average molecular weight is 249 g/mol. The number of aryl methyl sites for hydroxylation is 2. The Hall–Kier alpha value is -1.35. The van der Waals surface area contributed by atoms with Gasteiger partial charge in [0, 0.05) is 13.1 Å². The van der Waals surface area contributed by atoms with E-state index in [9.17, 15) is 4.79 Å². The molecular weight excluding hydrogens is 226 g/mol. The topological polar surface area (TPSA) is 40.5 Å². The van der Waals surface area contributed by atoms with Gasteiger partial charge in [-0.1, -0.05) is 30.7 Å². The fraction of sp³-hybridized carbons (Fsp3) is 0.533. The number of hydrogen-bond donors (Lipinski definition) is 1. The predicted molar refractivity (Wildman–Crippen MR) is 73.9 cm³/mol. The summed E-state index contributed by atoms with van der Waals surface area (Å²) in [5.74, 6) is -1.04. The van der Waals surface area contributed by atoms with Crippen LogP contribution in [0.1, 0.15) is 23.6 Å². The van der Waals surface area contributed by atoms with Gasteiger partial charge >= 0.3 is 5.97 Å². The van der Waals surface area contributed by atoms with E-state index in [2.05, 4.69) is 36.9 Å². The number of carboxylic acids is 1. The Balaban J connectivity index is 2.47. The van der Waals surface area contributed by atoms with Gasteiger partial charge < -0.3 is 10.0 Å². The van der Waals surface area contributed by atoms with E-state index < -0.39 is 5.97 Å². The molecule has 1 aromatic carbocycles. The van der Waals surface area contributed by atoms with Crippen LogP contribution >= 0.6 is 0 Å². The van der Waals surface area contributed by atoms with Crippen LogP contribution in [0.25, 0.3) is 0 Å². The number of nitrogens with zero attached hydrogens (tertiary/aromatic N) is 1. The highest BCUT2D eigenvalue weighted by molar-refractivity contribution is 5.69. The first-order valence-electron chi connectivity index (χ1n) is 6.37. The summed E-state index contributed by atoms with van der Waals surface area (Å²) < 4.78 is 0. The van der Waals surface area contributed by atoms with Crippen molar-refractivity contribution in [2.24, 2.45) is 5.92 Å². The van der Waals surface area contributed by atoms with Gasteiger partial charge in [0.15, 0.2) is 0 Å². The fourth-order valence-corrected chi connectivity index (χ4v) is 2.07. The summed E-state index contributed by atoms with van der Waals surface area (Å²) in [4.78, 5) is 12.9. The van der Waals surface area contributed by atoms with Crippen molar-refractivity contribution in [2.45, 2.75) is 27.2 Å². The molecule has 0 saturated heterocycles. The summed E-state index contributed by atoms with van der Waals surface area (Å²) in [5.41, 5.74) is 3.94. The molecule has 0 bridgehead atoms. The normalized spacial score (nSPS) is 12.7. The van der Waals surface area contributed by atoms with E-state index in [1.165, 1.54) is 16.7 Å². The Bertz CT molecular complexity index is 415. The van der Waals surface area contributed by atoms with E-state index in [4.69, 9.17) is 5.11 Å². The van der Waals surface area contributed by atoms with Crippen molar-refractivity contribution in [2.75, 3.05) is 20.1 Å². The predicted octanol–water partition coefficient (Wildman–Crippen LogP) is 2.50. The van der Waals surface area contributed by atoms with Gasteiger partial charge in [-0.15, -0.1) is 0 Å². The molecule has 100 valence electrons. The van der Waals surface area contributed by atoms with Gasteiger partial charge in [0.25, 0.3) is 0 Å². The summed E-state index contributed by atoms with van der Waals surface area (Å²) in [7, 11) is 1.98. The van der Waals surface area contributed by atoms with Crippen LogP contribution in [0.2, 0.25) is 0 Å². The van der Waals surface area contributed by atoms with Crippen LogP contribution in [-0.2, 0) is 11.2 Å². The first-order valence-corrected chi connectivity index (χ1v) is 6.37. The molecular formula is C15H23NO2. The molecule has 18 heavy (non-hydrogen) atoms. The molecule has 0 heterocycles. The second kappa shape index (κ2) is 6.55. The molecule has 0 spiro atoms. The quantitative estimate of drug-likeness (QED) is 0.842. The number of carboxylic acid groups (broad SMARTS) is 1. The molecule has 0 amide bonds. The zero-order valence-electron chi connectivity index (χ0n) is 11.7. The first-order chi connectivity index (χ1) is 8.40. The van der Waals surface area contributed by atoms with E-state index in [-0.39, 0.29) is 5.92 Å². The number of benzene rings is 1. The van der Waals surface area contributed by atoms with E-state index in [1.807, 2.05) is 7.05 Å². The van der Waals surface area contributed by atoms with Gasteiger partial charge in [-0.25, -0.2) is 0 Å². The molecule has 1 N–H and O–H groups in total. The van der Waals surface area contributed by atoms with Gasteiger partial charge in [0.1, 0.15) is 0 Å². The number of aliphatic carboxylic acids is 1. The van der Waals surface area contributed by atoms with E-state index >= 15 is 0 Å². The second-order valence-corrected chi connectivity index (χ2v) is 5.18. The average Bonchev–Trinajstić information content (AvgIpc) is 2.27. The van der Waals surface area contributed by atoms with E-state index in [0.29, 0.717) is 6.54 Å². The maximum atomic E-state index is 10.8. The Labute approximate surface area is 109 Å². The fourth-order valence-electron chi connectivity index (χ4n) is 2.07. The van der Waals surface area contributed by atoms with Crippen molar-refractivity contribution in [1.82, 2.24) is 4.90 Å². The van der Waals surface area contributed by atoms with Crippen molar-refractivity contribution < 1.29 is 9.90 Å². The van der Waals surface area contributed by atoms with Crippen LogP contribution in [0, 0.1) is 19.8 Å². The third-order valence-corrected chi connectivity index (χ3v) is 3.27. The molecule has 3 heteroatoms. The lowest BCUT2D eigenvalue weighted by molar-refractivity contribution is -0.141. The molecule has 1 unspecified atom stereocenters. The lowest BCUT2D eigenvalue weighted by atomic mass is 10.0. The van der Waals surface area contributed by atoms with Crippen molar-refractivity contribution in [3.63, 3.8) is 0 Å². The lowest BCUT2D eigenvalue weighted by Gasteiger charge is -2.19. The highest BCUT2D eigenvalue weighted by Gasteiger charge is 2.13. The summed E-state index contributed by atoms with van der Waals surface area (Å²) in [6, 6.07) is 6.48. The Morgan fingerprint density at radius 2 is 2.06 bits per heavy atom. The van der Waals surface area contributed by atoms with Crippen LogP contribution in [-0.4, -0.2) is 36.1 Å². The maximum absolute atomic E-state index is 10.8. The summed E-state index contributed by atoms with van der Waals surface area (Å²) >= 11 is 0. The summed E-state index contributed by atoms with van der Waals surface area (Å²) in [6.07, 6.45) is 0.967. The smallest absolute Gasteiger partial charge is 0.307 e. The monoisotopic (exact) mass is 249 g/mol. The minimum atomic E-state index is -0.728. The minimum Gasteiger partial charge on any atom is -0.481 e. The molecule has 0 saturated carbocycles. The van der Waals surface area contributed by atoms with Crippen molar-refractivity contribution in [3.8, 4) is 0 Å². The van der Waals surface area contributed by atoms with Crippen molar-refractivity contribution in [3.05, 3.63) is 34.9 Å². The zero-order chi connectivity index (χ0) is 13.7. The number of hydrogen-bond acceptors (Lipinski definition) is 2. The summed E-state index contributed by atoms with van der Waals surface area (Å²) in [6.45, 7) is 7.46. The Morgan fingerprint density at radius 1 is 1.39 bits per heavy atom. The molecule has 0 aromatic heterocycles. The third-order valence-electron chi connectivity index (χ3n) is 3.27. The van der Waals surface area contributed by atoms with E-state index in [0.717, 1.165) is 13.0 Å². The van der Waals surface area contributed by atoms with Crippen LogP contribution in [0.3, 0.4) is 0 Å². The molecule has 0 fully saturated rings. The minimum absolute atomic E-state index is 0.311. The molecule has 0 aliphatic carbocycles. The molecule has 0 aliphatic heterocycles. The highest BCUT2D eigenvalue weighted by atomic mass is 16.4. The van der Waals surface area contributed by atoms with Crippen LogP contribution in [0.4, 0.5) is 0 Å². The van der Waals surface area contributed by atoms with Crippen molar-refractivity contribution >= 4 is 5.97 Å². The molecule has 3 nitrogen and oxygen atoms in total. The van der Waals surface area contributed by atoms with Crippen LogP contribution in [0.5, 0.6) is 0 Å². The van der Waals surface area contributed by atoms with Crippen LogP contribution in [0.15, 0.2) is 18.2 Å². The number of carbonyl (C=O) groups is 1. The molecule has 1 rings (SSSR count). The summed E-state index contributed by atoms with van der Waals surface area (Å²) in [5, 5.41) is 8.86. The van der Waals surface area contributed by atoms with Crippen molar-refractivity contribution in [1.29, 1.82) is 0 Å². The highest BCUT2D eigenvalue weighted by Crippen LogP contribution is 2.11. The third kappa shape index (κ3) is 4.49. The van der Waals surface area contributed by atoms with Gasteiger partial charge in [-0.2, -0.15) is 0 Å². The van der Waals surface area contributed by atoms with Gasteiger partial charge in [-0.05, 0) is 38.4 Å². The van der Waals surface area contributed by atoms with Gasteiger partial charge in [0.05, 0.1) is 5.92 Å². The number of rotatable bonds is 6. The lowest BCUT2D eigenvalue weighted by Crippen LogP contribution is -2.30. The Kier molecular flexibility index (Phi) is 5.35. The Morgan fingerprint density at radius 3 is 2.61 bits per heavy atom. The molecule has 1 atom stereocenters. The number of likely N-dealkylation sites (N-methyl/N-ethyl adjacent to an activating group) is 1. The zero-order valence-corrected chi connectivity index (χ0v) is 11.7. The molecule has 0 aliphatic rings. The second-order valence-electron chi connectivity index (χ2n) is 5.18. The first kappa shape index (κ1) is 14.7. The van der Waals surface area contributed by atoms with Gasteiger partial charge in [0.2, 0.25) is 0 Å².